The maximum Gasteiger partial charge on any atom is 0.0366 e. The molecule has 1 aromatic rings. The lowest BCUT2D eigenvalue weighted by molar-refractivity contribution is 0.577. The van der Waals surface area contributed by atoms with Gasteiger partial charge >= 0.3 is 0 Å². The molecule has 0 aromatic heterocycles. The highest BCUT2D eigenvalue weighted by Gasteiger charge is 2.11. The third kappa shape index (κ3) is 2.56. The Balaban J connectivity index is 2.06. The number of nitrogens with two attached hydrogens (primary N) is 1. The van der Waals surface area contributed by atoms with Gasteiger partial charge in [-0.2, -0.15) is 0 Å². The van der Waals surface area contributed by atoms with Crippen molar-refractivity contribution in [1.29, 1.82) is 0 Å². The molecule has 1 atom stereocenters. The van der Waals surface area contributed by atoms with Crippen LogP contribution < -0.4 is 10.6 Å². The zero-order valence-corrected chi connectivity index (χ0v) is 10.2. The summed E-state index contributed by atoms with van der Waals surface area (Å²) in [7, 11) is 0. The van der Waals surface area contributed by atoms with E-state index in [-0.39, 0.29) is 6.04 Å². The minimum absolute atomic E-state index is 0.190. The van der Waals surface area contributed by atoms with Crippen LogP contribution in [-0.4, -0.2) is 13.1 Å². The van der Waals surface area contributed by atoms with Crippen LogP contribution in [-0.2, 0) is 0 Å². The number of nitrogens with zero attached hydrogens (tertiary/aromatic N) is 1. The highest BCUT2D eigenvalue weighted by Crippen LogP contribution is 2.22. The number of piperidine rings is 1. The van der Waals surface area contributed by atoms with Gasteiger partial charge < -0.3 is 10.6 Å². The fourth-order valence-electron chi connectivity index (χ4n) is 2.32. The van der Waals surface area contributed by atoms with Gasteiger partial charge in [0.15, 0.2) is 0 Å². The molecule has 1 aliphatic rings. The molecule has 2 N–H and O–H groups in total. The first-order valence-corrected chi connectivity index (χ1v) is 6.41. The summed E-state index contributed by atoms with van der Waals surface area (Å²) in [5.74, 6) is 0. The van der Waals surface area contributed by atoms with Gasteiger partial charge in [-0.05, 0) is 43.4 Å². The molecular formula is C14H22N2. The molecule has 16 heavy (non-hydrogen) atoms. The van der Waals surface area contributed by atoms with Crippen molar-refractivity contribution in [2.24, 2.45) is 5.73 Å². The maximum absolute atomic E-state index is 6.01. The summed E-state index contributed by atoms with van der Waals surface area (Å²) < 4.78 is 0. The molecule has 0 amide bonds. The summed E-state index contributed by atoms with van der Waals surface area (Å²) in [5.41, 5.74) is 8.62. The van der Waals surface area contributed by atoms with Gasteiger partial charge in [-0.3, -0.25) is 0 Å². The van der Waals surface area contributed by atoms with Crippen molar-refractivity contribution < 1.29 is 0 Å². The highest BCUT2D eigenvalue weighted by molar-refractivity contribution is 5.48. The SMILES string of the molecule is CCC(N)c1ccc(N2CCCCC2)cc1. The molecule has 2 nitrogen and oxygen atoms in total. The van der Waals surface area contributed by atoms with Gasteiger partial charge in [0, 0.05) is 24.8 Å². The summed E-state index contributed by atoms with van der Waals surface area (Å²) in [5, 5.41) is 0. The first kappa shape index (κ1) is 11.5. The van der Waals surface area contributed by atoms with E-state index >= 15 is 0 Å². The summed E-state index contributed by atoms with van der Waals surface area (Å²) in [6, 6.07) is 8.98. The second-order valence-corrected chi connectivity index (χ2v) is 4.65. The van der Waals surface area contributed by atoms with E-state index in [2.05, 4.69) is 36.1 Å². The molecule has 1 aromatic carbocycles. The molecule has 1 heterocycles. The van der Waals surface area contributed by atoms with E-state index in [0.29, 0.717) is 0 Å². The smallest absolute Gasteiger partial charge is 0.0366 e. The van der Waals surface area contributed by atoms with E-state index in [9.17, 15) is 0 Å². The quantitative estimate of drug-likeness (QED) is 0.844. The summed E-state index contributed by atoms with van der Waals surface area (Å²) in [6.45, 7) is 4.54. The normalized spacial score (nSPS) is 18.5. The Morgan fingerprint density at radius 2 is 1.75 bits per heavy atom. The Morgan fingerprint density at radius 1 is 1.12 bits per heavy atom. The monoisotopic (exact) mass is 218 g/mol. The van der Waals surface area contributed by atoms with Crippen molar-refractivity contribution in [1.82, 2.24) is 0 Å². The molecular weight excluding hydrogens is 196 g/mol. The van der Waals surface area contributed by atoms with Crippen LogP contribution in [0.5, 0.6) is 0 Å². The zero-order chi connectivity index (χ0) is 11.4. The van der Waals surface area contributed by atoms with Crippen molar-refractivity contribution in [2.75, 3.05) is 18.0 Å². The predicted molar refractivity (Wildman–Crippen MR) is 69.7 cm³/mol. The van der Waals surface area contributed by atoms with Gasteiger partial charge in [-0.15, -0.1) is 0 Å². The van der Waals surface area contributed by atoms with Crippen LogP contribution in [0.25, 0.3) is 0 Å². The van der Waals surface area contributed by atoms with Gasteiger partial charge in [-0.1, -0.05) is 19.1 Å². The van der Waals surface area contributed by atoms with Crippen LogP contribution in [0.4, 0.5) is 5.69 Å². The van der Waals surface area contributed by atoms with Gasteiger partial charge in [0.1, 0.15) is 0 Å². The molecule has 88 valence electrons. The number of rotatable bonds is 3. The Morgan fingerprint density at radius 3 is 2.31 bits per heavy atom. The van der Waals surface area contributed by atoms with Crippen LogP contribution in [0.1, 0.15) is 44.2 Å². The number of hydrogen-bond acceptors (Lipinski definition) is 2. The largest absolute Gasteiger partial charge is 0.372 e. The first-order chi connectivity index (χ1) is 7.81. The van der Waals surface area contributed by atoms with Crippen LogP contribution >= 0.6 is 0 Å². The molecule has 1 fully saturated rings. The van der Waals surface area contributed by atoms with Crippen LogP contribution in [0.2, 0.25) is 0 Å². The molecule has 0 bridgehead atoms. The summed E-state index contributed by atoms with van der Waals surface area (Å²) in [4.78, 5) is 2.48. The first-order valence-electron chi connectivity index (χ1n) is 6.41. The summed E-state index contributed by atoms with van der Waals surface area (Å²) >= 11 is 0. The van der Waals surface area contributed by atoms with Gasteiger partial charge in [-0.25, -0.2) is 0 Å². The molecule has 0 radical (unpaired) electrons. The van der Waals surface area contributed by atoms with E-state index in [4.69, 9.17) is 5.73 Å². The van der Waals surface area contributed by atoms with E-state index in [1.54, 1.807) is 0 Å². The molecule has 0 aliphatic carbocycles. The Kier molecular flexibility index (Phi) is 3.83. The maximum atomic E-state index is 6.01. The van der Waals surface area contributed by atoms with E-state index in [0.717, 1.165) is 6.42 Å². The van der Waals surface area contributed by atoms with Crippen LogP contribution in [0.15, 0.2) is 24.3 Å². The van der Waals surface area contributed by atoms with Crippen LogP contribution in [0, 0.1) is 0 Å². The van der Waals surface area contributed by atoms with E-state index in [1.165, 1.54) is 43.6 Å². The Hall–Kier alpha value is -1.02. The predicted octanol–water partition coefficient (Wildman–Crippen LogP) is 3.09. The van der Waals surface area contributed by atoms with Crippen molar-refractivity contribution in [3.8, 4) is 0 Å². The van der Waals surface area contributed by atoms with Crippen molar-refractivity contribution in [3.63, 3.8) is 0 Å². The Labute approximate surface area is 98.4 Å². The van der Waals surface area contributed by atoms with Gasteiger partial charge in [0.2, 0.25) is 0 Å². The average molecular weight is 218 g/mol. The Bertz CT molecular complexity index is 312. The van der Waals surface area contributed by atoms with E-state index in [1.807, 2.05) is 0 Å². The minimum atomic E-state index is 0.190. The molecule has 2 heteroatoms. The fraction of sp³-hybridized carbons (Fsp3) is 0.571. The molecule has 1 saturated heterocycles. The number of benzene rings is 1. The number of hydrogen-bond donors (Lipinski definition) is 1. The van der Waals surface area contributed by atoms with Gasteiger partial charge in [0.05, 0.1) is 0 Å². The lowest BCUT2D eigenvalue weighted by Crippen LogP contribution is -2.29. The lowest BCUT2D eigenvalue weighted by atomic mass is 10.0. The third-order valence-corrected chi connectivity index (χ3v) is 3.48. The molecule has 1 unspecified atom stereocenters. The second-order valence-electron chi connectivity index (χ2n) is 4.65. The van der Waals surface area contributed by atoms with Crippen molar-refractivity contribution >= 4 is 5.69 Å². The molecule has 1 aliphatic heterocycles. The zero-order valence-electron chi connectivity index (χ0n) is 10.2. The summed E-state index contributed by atoms with van der Waals surface area (Å²) in [6.07, 6.45) is 5.05. The van der Waals surface area contributed by atoms with Crippen LogP contribution in [0.3, 0.4) is 0 Å². The van der Waals surface area contributed by atoms with Crippen molar-refractivity contribution in [2.45, 2.75) is 38.6 Å². The number of anilines is 1. The molecule has 0 saturated carbocycles. The molecule has 2 rings (SSSR count). The van der Waals surface area contributed by atoms with Gasteiger partial charge in [0.25, 0.3) is 0 Å². The third-order valence-electron chi connectivity index (χ3n) is 3.48. The minimum Gasteiger partial charge on any atom is -0.372 e. The fourth-order valence-corrected chi connectivity index (χ4v) is 2.32. The average Bonchev–Trinajstić information content (AvgIpc) is 2.39. The molecule has 0 spiro atoms. The topological polar surface area (TPSA) is 29.3 Å². The van der Waals surface area contributed by atoms with E-state index < -0.39 is 0 Å². The second kappa shape index (κ2) is 5.35. The standard InChI is InChI=1S/C14H22N2/c1-2-14(15)12-6-8-13(9-7-12)16-10-4-3-5-11-16/h6-9,14H,2-5,10-11,15H2,1H3. The lowest BCUT2D eigenvalue weighted by Gasteiger charge is -2.29. The van der Waals surface area contributed by atoms with Crippen molar-refractivity contribution in [3.05, 3.63) is 29.8 Å². The highest BCUT2D eigenvalue weighted by atomic mass is 15.1.